The first-order chi connectivity index (χ1) is 12.0. The zero-order valence-corrected chi connectivity index (χ0v) is 16.4. The van der Waals surface area contributed by atoms with Crippen molar-refractivity contribution in [2.75, 3.05) is 30.7 Å². The summed E-state index contributed by atoms with van der Waals surface area (Å²) in [4.78, 5) is 16.9. The molecule has 1 N–H and O–H groups in total. The second-order valence-corrected chi connectivity index (χ2v) is 10.5. The van der Waals surface area contributed by atoms with E-state index in [0.717, 1.165) is 29.5 Å². The number of rotatable bonds is 5. The Morgan fingerprint density at radius 3 is 2.56 bits per heavy atom. The lowest BCUT2D eigenvalue weighted by atomic mass is 10.3. The summed E-state index contributed by atoms with van der Waals surface area (Å²) in [6.07, 6.45) is 1.82. The van der Waals surface area contributed by atoms with Crippen molar-refractivity contribution >= 4 is 49.5 Å². The number of hydrogen-bond acceptors (Lipinski definition) is 6. The van der Waals surface area contributed by atoms with E-state index in [-0.39, 0.29) is 16.1 Å². The van der Waals surface area contributed by atoms with Gasteiger partial charge in [0.05, 0.1) is 16.7 Å². The van der Waals surface area contributed by atoms with Crippen molar-refractivity contribution in [3.8, 4) is 0 Å². The van der Waals surface area contributed by atoms with Crippen LogP contribution in [-0.4, -0.2) is 53.6 Å². The number of amides is 1. The highest BCUT2D eigenvalue weighted by molar-refractivity contribution is 8.39. The SMILES string of the molecule is C[C@H](SC1=NCCS1)C(=O)Nc1ccc(S(=O)(=O)N2CCCC2)cc1. The zero-order chi connectivity index (χ0) is 17.9. The van der Waals surface area contributed by atoms with Crippen molar-refractivity contribution < 1.29 is 13.2 Å². The maximum Gasteiger partial charge on any atom is 0.243 e. The van der Waals surface area contributed by atoms with Gasteiger partial charge in [0.15, 0.2) is 0 Å². The summed E-state index contributed by atoms with van der Waals surface area (Å²) in [5, 5.41) is 2.58. The largest absolute Gasteiger partial charge is 0.325 e. The third-order valence-electron chi connectivity index (χ3n) is 4.03. The molecule has 9 heteroatoms. The molecule has 25 heavy (non-hydrogen) atoms. The smallest absolute Gasteiger partial charge is 0.243 e. The average Bonchev–Trinajstić information content (AvgIpc) is 3.29. The number of nitrogens with zero attached hydrogens (tertiary/aromatic N) is 2. The number of carbonyl (C=O) groups excluding carboxylic acids is 1. The monoisotopic (exact) mass is 399 g/mol. The van der Waals surface area contributed by atoms with Gasteiger partial charge in [-0.3, -0.25) is 9.79 Å². The van der Waals surface area contributed by atoms with Crippen molar-refractivity contribution in [2.45, 2.75) is 29.9 Å². The molecule has 0 spiro atoms. The summed E-state index contributed by atoms with van der Waals surface area (Å²) >= 11 is 3.13. The predicted octanol–water partition coefficient (Wildman–Crippen LogP) is 2.63. The number of aliphatic imine (C=N–C) groups is 1. The minimum Gasteiger partial charge on any atom is -0.325 e. The van der Waals surface area contributed by atoms with Gasteiger partial charge in [-0.15, -0.1) is 0 Å². The molecule has 2 aliphatic heterocycles. The molecule has 6 nitrogen and oxygen atoms in total. The number of benzene rings is 1. The van der Waals surface area contributed by atoms with Gasteiger partial charge in [-0.05, 0) is 44.0 Å². The Morgan fingerprint density at radius 1 is 1.28 bits per heavy atom. The fourth-order valence-electron chi connectivity index (χ4n) is 2.62. The lowest BCUT2D eigenvalue weighted by Crippen LogP contribution is -2.28. The van der Waals surface area contributed by atoms with Crippen LogP contribution in [0.25, 0.3) is 0 Å². The molecule has 0 aliphatic carbocycles. The molecule has 0 saturated carbocycles. The highest BCUT2D eigenvalue weighted by Crippen LogP contribution is 2.27. The molecule has 0 unspecified atom stereocenters. The number of thioether (sulfide) groups is 2. The van der Waals surface area contributed by atoms with Gasteiger partial charge in [-0.25, -0.2) is 8.42 Å². The number of carbonyl (C=O) groups is 1. The van der Waals surface area contributed by atoms with Crippen LogP contribution in [-0.2, 0) is 14.8 Å². The number of sulfonamides is 1. The Kier molecular flexibility index (Phi) is 6.08. The molecule has 1 saturated heterocycles. The van der Waals surface area contributed by atoms with E-state index in [1.54, 1.807) is 36.0 Å². The highest BCUT2D eigenvalue weighted by Gasteiger charge is 2.27. The van der Waals surface area contributed by atoms with Crippen molar-refractivity contribution in [3.63, 3.8) is 0 Å². The van der Waals surface area contributed by atoms with Gasteiger partial charge in [-0.1, -0.05) is 23.5 Å². The second-order valence-electron chi connectivity index (χ2n) is 5.88. The maximum atomic E-state index is 12.5. The van der Waals surface area contributed by atoms with Gasteiger partial charge >= 0.3 is 0 Å². The van der Waals surface area contributed by atoms with Crippen LogP contribution in [0.2, 0.25) is 0 Å². The van der Waals surface area contributed by atoms with Crippen LogP contribution in [0.1, 0.15) is 19.8 Å². The van der Waals surface area contributed by atoms with Gasteiger partial charge < -0.3 is 5.32 Å². The van der Waals surface area contributed by atoms with Crippen LogP contribution in [0.5, 0.6) is 0 Å². The summed E-state index contributed by atoms with van der Waals surface area (Å²) < 4.78 is 27.4. The van der Waals surface area contributed by atoms with Crippen LogP contribution in [0.15, 0.2) is 34.2 Å². The topological polar surface area (TPSA) is 78.8 Å². The molecular formula is C16H21N3O3S3. The Morgan fingerprint density at radius 2 is 1.96 bits per heavy atom. The van der Waals surface area contributed by atoms with E-state index in [0.29, 0.717) is 18.8 Å². The molecule has 1 aromatic rings. The number of hydrogen-bond donors (Lipinski definition) is 1. The van der Waals surface area contributed by atoms with Crippen LogP contribution in [0, 0.1) is 0 Å². The van der Waals surface area contributed by atoms with Crippen molar-refractivity contribution in [2.24, 2.45) is 4.99 Å². The first-order valence-corrected chi connectivity index (χ1v) is 11.5. The summed E-state index contributed by atoms with van der Waals surface area (Å²) in [6.45, 7) is 3.82. The fourth-order valence-corrected chi connectivity index (χ4v) is 6.27. The van der Waals surface area contributed by atoms with E-state index in [1.807, 2.05) is 6.92 Å². The minimum atomic E-state index is -3.42. The van der Waals surface area contributed by atoms with E-state index >= 15 is 0 Å². The molecule has 1 amide bonds. The Hall–Kier alpha value is -1.03. The molecular weight excluding hydrogens is 378 g/mol. The van der Waals surface area contributed by atoms with E-state index in [4.69, 9.17) is 0 Å². The van der Waals surface area contributed by atoms with Crippen LogP contribution >= 0.6 is 23.5 Å². The normalized spacial score (nSPS) is 19.6. The van der Waals surface area contributed by atoms with Crippen LogP contribution < -0.4 is 5.32 Å². The van der Waals surface area contributed by atoms with Crippen molar-refractivity contribution in [1.82, 2.24) is 4.31 Å². The molecule has 1 fully saturated rings. The fraction of sp³-hybridized carbons (Fsp3) is 0.500. The van der Waals surface area contributed by atoms with Gasteiger partial charge in [0.2, 0.25) is 15.9 Å². The molecule has 0 radical (unpaired) electrons. The maximum absolute atomic E-state index is 12.5. The summed E-state index contributed by atoms with van der Waals surface area (Å²) in [5.41, 5.74) is 0.596. The third-order valence-corrected chi connectivity index (χ3v) is 8.25. The van der Waals surface area contributed by atoms with Crippen LogP contribution in [0.4, 0.5) is 5.69 Å². The molecule has 2 aliphatic rings. The molecule has 136 valence electrons. The summed E-state index contributed by atoms with van der Waals surface area (Å²) in [6, 6.07) is 6.39. The van der Waals surface area contributed by atoms with E-state index in [9.17, 15) is 13.2 Å². The summed E-state index contributed by atoms with van der Waals surface area (Å²) in [7, 11) is -3.42. The summed E-state index contributed by atoms with van der Waals surface area (Å²) in [5.74, 6) is 0.860. The zero-order valence-electron chi connectivity index (χ0n) is 14.0. The molecule has 2 heterocycles. The Bertz CT molecular complexity index is 757. The van der Waals surface area contributed by atoms with E-state index in [1.165, 1.54) is 16.1 Å². The molecule has 0 bridgehead atoms. The van der Waals surface area contributed by atoms with E-state index < -0.39 is 10.0 Å². The van der Waals surface area contributed by atoms with Crippen LogP contribution in [0.3, 0.4) is 0 Å². The Labute approximate surface area is 156 Å². The van der Waals surface area contributed by atoms with Gasteiger partial charge in [0, 0.05) is 24.5 Å². The average molecular weight is 400 g/mol. The highest BCUT2D eigenvalue weighted by atomic mass is 32.2. The van der Waals surface area contributed by atoms with Gasteiger partial charge in [0.1, 0.15) is 4.38 Å². The molecule has 3 rings (SSSR count). The quantitative estimate of drug-likeness (QED) is 0.823. The second kappa shape index (κ2) is 8.11. The lowest BCUT2D eigenvalue weighted by Gasteiger charge is -2.16. The van der Waals surface area contributed by atoms with Gasteiger partial charge in [-0.2, -0.15) is 4.31 Å². The molecule has 1 atom stereocenters. The van der Waals surface area contributed by atoms with Crippen molar-refractivity contribution in [1.29, 1.82) is 0 Å². The van der Waals surface area contributed by atoms with Gasteiger partial charge in [0.25, 0.3) is 0 Å². The Balaban J connectivity index is 1.61. The lowest BCUT2D eigenvalue weighted by molar-refractivity contribution is -0.115. The van der Waals surface area contributed by atoms with Crippen molar-refractivity contribution in [3.05, 3.63) is 24.3 Å². The van der Waals surface area contributed by atoms with E-state index in [2.05, 4.69) is 10.3 Å². The first kappa shape index (κ1) is 18.8. The first-order valence-electron chi connectivity index (χ1n) is 8.22. The molecule has 0 aromatic heterocycles. The minimum absolute atomic E-state index is 0.115. The number of nitrogens with one attached hydrogen (secondary N) is 1. The molecule has 1 aromatic carbocycles. The third kappa shape index (κ3) is 4.58. The predicted molar refractivity (Wildman–Crippen MR) is 105 cm³/mol. The standard InChI is InChI=1S/C16H21N3O3S3/c1-12(24-16-17-8-11-23-16)15(20)18-13-4-6-14(7-5-13)25(21,22)19-9-2-3-10-19/h4-7,12H,2-3,8-11H2,1H3,(H,18,20)/t12-/m0/s1. The number of anilines is 1.